The Kier molecular flexibility index (Phi) is 3.78. The van der Waals surface area contributed by atoms with E-state index in [-0.39, 0.29) is 5.56 Å². The summed E-state index contributed by atoms with van der Waals surface area (Å²) in [5, 5.41) is 21.6. The van der Waals surface area contributed by atoms with E-state index in [9.17, 15) is 18.7 Å². The molecule has 3 heterocycles. The lowest BCUT2D eigenvalue weighted by atomic mass is 10.0. The highest BCUT2D eigenvalue weighted by atomic mass is 19.1. The summed E-state index contributed by atoms with van der Waals surface area (Å²) in [5.74, 6) is -1.94. The molecule has 0 bridgehead atoms. The molecule has 0 radical (unpaired) electrons. The van der Waals surface area contributed by atoms with Gasteiger partial charge in [-0.2, -0.15) is 5.10 Å². The van der Waals surface area contributed by atoms with Crippen molar-refractivity contribution < 1.29 is 18.7 Å². The van der Waals surface area contributed by atoms with Gasteiger partial charge >= 0.3 is 5.97 Å². The molecule has 1 unspecified atom stereocenters. The molecule has 2 aliphatic rings. The Hall–Kier alpha value is -3.10. The summed E-state index contributed by atoms with van der Waals surface area (Å²) in [4.78, 5) is 13.6. The minimum absolute atomic E-state index is 0.227. The van der Waals surface area contributed by atoms with Crippen LogP contribution < -0.4 is 0 Å². The Labute approximate surface area is 147 Å². The number of aromatic nitrogens is 2. The molecular weight excluding hydrogens is 344 g/mol. The van der Waals surface area contributed by atoms with Gasteiger partial charge in [0.1, 0.15) is 11.6 Å². The lowest BCUT2D eigenvalue weighted by molar-refractivity contribution is -0.145. The normalized spacial score (nSPS) is 24.9. The number of carboxylic acids is 1. The zero-order chi connectivity index (χ0) is 18.3. The molecule has 9 heteroatoms. The van der Waals surface area contributed by atoms with Crippen molar-refractivity contribution in [1.82, 2.24) is 14.7 Å². The molecular formula is C17H15F2N5O2. The van der Waals surface area contributed by atoms with E-state index < -0.39 is 29.3 Å². The minimum Gasteiger partial charge on any atom is -0.478 e. The van der Waals surface area contributed by atoms with E-state index in [2.05, 4.69) is 15.3 Å². The first-order chi connectivity index (χ1) is 12.5. The second kappa shape index (κ2) is 6.01. The first-order valence-corrected chi connectivity index (χ1v) is 8.12. The van der Waals surface area contributed by atoms with Gasteiger partial charge in [-0.25, -0.2) is 18.3 Å². The van der Waals surface area contributed by atoms with E-state index in [0.29, 0.717) is 18.8 Å². The highest BCUT2D eigenvalue weighted by Gasteiger charge is 2.45. The molecule has 0 aliphatic carbocycles. The van der Waals surface area contributed by atoms with Gasteiger partial charge in [0.25, 0.3) is 5.66 Å². The zero-order valence-corrected chi connectivity index (χ0v) is 13.6. The monoisotopic (exact) mass is 359 g/mol. The number of carboxylic acid groups (broad SMARTS) is 1. The van der Waals surface area contributed by atoms with Crippen molar-refractivity contribution >= 4 is 5.97 Å². The van der Waals surface area contributed by atoms with E-state index in [1.54, 1.807) is 11.0 Å². The van der Waals surface area contributed by atoms with Gasteiger partial charge in [-0.1, -0.05) is 0 Å². The Bertz CT molecular complexity index is 912. The fourth-order valence-corrected chi connectivity index (χ4v) is 3.42. The molecule has 26 heavy (non-hydrogen) atoms. The zero-order valence-electron chi connectivity index (χ0n) is 13.6. The van der Waals surface area contributed by atoms with Crippen molar-refractivity contribution in [3.8, 4) is 0 Å². The van der Waals surface area contributed by atoms with Gasteiger partial charge in [0.2, 0.25) is 0 Å². The number of aliphatic carboxylic acids is 1. The van der Waals surface area contributed by atoms with Crippen molar-refractivity contribution in [2.45, 2.75) is 24.5 Å². The van der Waals surface area contributed by atoms with Crippen molar-refractivity contribution in [3.05, 3.63) is 65.8 Å². The molecule has 0 saturated carbocycles. The summed E-state index contributed by atoms with van der Waals surface area (Å²) in [6.07, 6.45) is 5.68. The number of azo groups is 1. The predicted molar refractivity (Wildman–Crippen MR) is 85.8 cm³/mol. The number of rotatable bonds is 4. The van der Waals surface area contributed by atoms with Gasteiger partial charge < -0.3 is 10.0 Å². The molecule has 1 N–H and O–H groups in total. The molecule has 2 aliphatic heterocycles. The molecule has 134 valence electrons. The highest BCUT2D eigenvalue weighted by Crippen LogP contribution is 2.40. The standard InChI is InChI=1S/C17H15F2N5O2/c18-11-4-5-13(19)12(9-11)14-3-1-7-23(14)15-10-17(16(25)26,22-21-15)24-8-2-6-20-24/h2,4-6,8-10,14H,1,3,7H2,(H,25,26)/t14?,17-/m0/s1. The first-order valence-electron chi connectivity index (χ1n) is 8.12. The molecule has 2 aromatic rings. The van der Waals surface area contributed by atoms with Crippen LogP contribution in [0.25, 0.3) is 0 Å². The second-order valence-electron chi connectivity index (χ2n) is 6.20. The lowest BCUT2D eigenvalue weighted by Crippen LogP contribution is -2.37. The maximum absolute atomic E-state index is 14.2. The SMILES string of the molecule is O=C(O)[C@@]1(n2cccn2)C=C(N2CCCC2c2cc(F)ccc2F)N=N1. The maximum atomic E-state index is 14.2. The Morgan fingerprint density at radius 2 is 2.19 bits per heavy atom. The van der Waals surface area contributed by atoms with Crippen molar-refractivity contribution in [1.29, 1.82) is 0 Å². The van der Waals surface area contributed by atoms with Crippen LogP contribution in [0, 0.1) is 11.6 Å². The van der Waals surface area contributed by atoms with Gasteiger partial charge in [0.05, 0.1) is 6.04 Å². The third-order valence-corrected chi connectivity index (χ3v) is 4.67. The number of hydrogen-bond donors (Lipinski definition) is 1. The Balaban J connectivity index is 1.72. The summed E-state index contributed by atoms with van der Waals surface area (Å²) in [7, 11) is 0. The van der Waals surface area contributed by atoms with Crippen LogP contribution in [0.2, 0.25) is 0 Å². The van der Waals surface area contributed by atoms with Crippen molar-refractivity contribution in [3.63, 3.8) is 0 Å². The number of nitrogens with zero attached hydrogens (tertiary/aromatic N) is 5. The van der Waals surface area contributed by atoms with E-state index in [1.807, 2.05) is 0 Å². The number of likely N-dealkylation sites (tertiary alicyclic amines) is 1. The second-order valence-corrected chi connectivity index (χ2v) is 6.20. The fraction of sp³-hybridized carbons (Fsp3) is 0.294. The van der Waals surface area contributed by atoms with E-state index in [4.69, 9.17) is 0 Å². The quantitative estimate of drug-likeness (QED) is 0.909. The first kappa shape index (κ1) is 16.4. The molecule has 7 nitrogen and oxygen atoms in total. The number of carbonyl (C=O) groups is 1. The van der Waals surface area contributed by atoms with Crippen LogP contribution in [0.1, 0.15) is 24.4 Å². The van der Waals surface area contributed by atoms with Gasteiger partial charge in [0, 0.05) is 30.6 Å². The highest BCUT2D eigenvalue weighted by molar-refractivity contribution is 5.79. The number of benzene rings is 1. The molecule has 2 atom stereocenters. The molecule has 0 spiro atoms. The van der Waals surface area contributed by atoms with E-state index >= 15 is 0 Å². The Morgan fingerprint density at radius 3 is 2.92 bits per heavy atom. The van der Waals surface area contributed by atoms with Crippen molar-refractivity contribution in [2.75, 3.05) is 6.54 Å². The summed E-state index contributed by atoms with van der Waals surface area (Å²) in [6.45, 7) is 0.542. The van der Waals surface area contributed by atoms with Crippen LogP contribution >= 0.6 is 0 Å². The van der Waals surface area contributed by atoms with Crippen LogP contribution in [-0.2, 0) is 10.5 Å². The summed E-state index contributed by atoms with van der Waals surface area (Å²) < 4.78 is 29.0. The van der Waals surface area contributed by atoms with Gasteiger partial charge in [-0.15, -0.1) is 10.2 Å². The lowest BCUT2D eigenvalue weighted by Gasteiger charge is -2.26. The van der Waals surface area contributed by atoms with Crippen molar-refractivity contribution in [2.24, 2.45) is 10.2 Å². The Morgan fingerprint density at radius 1 is 1.35 bits per heavy atom. The summed E-state index contributed by atoms with van der Waals surface area (Å²) >= 11 is 0. The van der Waals surface area contributed by atoms with Crippen LogP contribution in [0.4, 0.5) is 8.78 Å². The van der Waals surface area contributed by atoms with Crippen LogP contribution in [-0.4, -0.2) is 32.3 Å². The average molecular weight is 359 g/mol. The average Bonchev–Trinajstić information content (AvgIpc) is 3.36. The van der Waals surface area contributed by atoms with Gasteiger partial charge in [0.15, 0.2) is 5.82 Å². The van der Waals surface area contributed by atoms with Crippen LogP contribution in [0.5, 0.6) is 0 Å². The molecule has 1 saturated heterocycles. The molecule has 0 amide bonds. The molecule has 1 aromatic heterocycles. The minimum atomic E-state index is -1.77. The third kappa shape index (κ3) is 2.47. The van der Waals surface area contributed by atoms with E-state index in [1.165, 1.54) is 29.2 Å². The summed E-state index contributed by atoms with van der Waals surface area (Å²) in [5.41, 5.74) is -1.54. The fourth-order valence-electron chi connectivity index (χ4n) is 3.42. The largest absolute Gasteiger partial charge is 0.478 e. The van der Waals surface area contributed by atoms with Crippen LogP contribution in [0.15, 0.2) is 58.8 Å². The number of hydrogen-bond acceptors (Lipinski definition) is 5. The molecule has 4 rings (SSSR count). The smallest absolute Gasteiger partial charge is 0.360 e. The molecule has 1 fully saturated rings. The van der Waals surface area contributed by atoms with Gasteiger partial charge in [-0.05, 0) is 37.1 Å². The van der Waals surface area contributed by atoms with Gasteiger partial charge in [-0.3, -0.25) is 0 Å². The third-order valence-electron chi connectivity index (χ3n) is 4.67. The maximum Gasteiger partial charge on any atom is 0.360 e. The van der Waals surface area contributed by atoms with E-state index in [0.717, 1.165) is 18.6 Å². The van der Waals surface area contributed by atoms with Crippen LogP contribution in [0.3, 0.4) is 0 Å². The summed E-state index contributed by atoms with van der Waals surface area (Å²) in [6, 6.07) is 4.49. The predicted octanol–water partition coefficient (Wildman–Crippen LogP) is 3.04. The number of halogens is 2. The topological polar surface area (TPSA) is 83.1 Å². The molecule has 1 aromatic carbocycles.